The van der Waals surface area contributed by atoms with Gasteiger partial charge in [0.2, 0.25) is 10.0 Å². The average Bonchev–Trinajstić information content (AvgIpc) is 2.55. The zero-order valence-corrected chi connectivity index (χ0v) is 15.8. The topological polar surface area (TPSA) is 75.3 Å². The van der Waals surface area contributed by atoms with Crippen LogP contribution in [0.15, 0.2) is 42.5 Å². The van der Waals surface area contributed by atoms with Crippen molar-refractivity contribution in [1.29, 1.82) is 0 Å². The summed E-state index contributed by atoms with van der Waals surface area (Å²) in [5, 5.41) is 2.97. The van der Waals surface area contributed by atoms with Gasteiger partial charge in [0, 0.05) is 11.3 Å². The van der Waals surface area contributed by atoms with Crippen LogP contribution in [0.5, 0.6) is 0 Å². The van der Waals surface area contributed by atoms with Gasteiger partial charge in [-0.3, -0.25) is 9.52 Å². The maximum absolute atomic E-state index is 12.4. The number of hydrogen-bond acceptors (Lipinski definition) is 3. The summed E-state index contributed by atoms with van der Waals surface area (Å²) in [5.41, 5.74) is 4.32. The highest BCUT2D eigenvalue weighted by Gasteiger charge is 2.14. The Morgan fingerprint density at radius 2 is 1.72 bits per heavy atom. The van der Waals surface area contributed by atoms with E-state index in [2.05, 4.69) is 16.1 Å². The highest BCUT2D eigenvalue weighted by molar-refractivity contribution is 7.92. The quantitative estimate of drug-likeness (QED) is 0.827. The van der Waals surface area contributed by atoms with Crippen molar-refractivity contribution in [2.24, 2.45) is 0 Å². The van der Waals surface area contributed by atoms with Gasteiger partial charge in [-0.05, 0) is 63.1 Å². The minimum atomic E-state index is -3.32. The van der Waals surface area contributed by atoms with E-state index in [1.165, 1.54) is 5.56 Å². The molecule has 0 aliphatic rings. The molecule has 134 valence electrons. The molecule has 0 aromatic heterocycles. The monoisotopic (exact) mass is 360 g/mol. The van der Waals surface area contributed by atoms with Crippen LogP contribution in [0, 0.1) is 13.8 Å². The summed E-state index contributed by atoms with van der Waals surface area (Å²) in [4.78, 5) is 12.4. The predicted molar refractivity (Wildman–Crippen MR) is 101 cm³/mol. The molecule has 2 rings (SSSR count). The Bertz CT molecular complexity index is 859. The lowest BCUT2D eigenvalue weighted by Gasteiger charge is -2.17. The van der Waals surface area contributed by atoms with Crippen LogP contribution in [0.3, 0.4) is 0 Å². The summed E-state index contributed by atoms with van der Waals surface area (Å²) in [7, 11) is -3.32. The Kier molecular flexibility index (Phi) is 5.85. The highest BCUT2D eigenvalue weighted by Crippen LogP contribution is 2.19. The molecule has 2 aromatic rings. The number of hydrogen-bond donors (Lipinski definition) is 2. The first-order valence-electron chi connectivity index (χ1n) is 8.20. The zero-order chi connectivity index (χ0) is 18.6. The third kappa shape index (κ3) is 5.06. The number of rotatable bonds is 6. The standard InChI is InChI=1S/C19H24N2O3S/c1-5-25(23,24)21-17-9-7-16(8-10-17)19(22)20-15(4)18-11-6-13(2)12-14(18)3/h6-12,15,21H,5H2,1-4H3,(H,20,22)/t15-/m0/s1. The molecule has 0 fully saturated rings. The Labute approximate surface area is 149 Å². The molecular formula is C19H24N2O3S. The zero-order valence-electron chi connectivity index (χ0n) is 15.0. The average molecular weight is 360 g/mol. The number of anilines is 1. The molecule has 0 saturated heterocycles. The number of carbonyl (C=O) groups is 1. The van der Waals surface area contributed by atoms with Gasteiger partial charge in [0.1, 0.15) is 0 Å². The predicted octanol–water partition coefficient (Wildman–Crippen LogP) is 3.56. The third-order valence-electron chi connectivity index (χ3n) is 4.04. The molecule has 0 bridgehead atoms. The Hall–Kier alpha value is -2.34. The van der Waals surface area contributed by atoms with Crippen LogP contribution in [0.2, 0.25) is 0 Å². The van der Waals surface area contributed by atoms with E-state index in [-0.39, 0.29) is 17.7 Å². The van der Waals surface area contributed by atoms with E-state index in [0.29, 0.717) is 11.3 Å². The summed E-state index contributed by atoms with van der Waals surface area (Å²) in [5.74, 6) is -0.194. The van der Waals surface area contributed by atoms with Crippen molar-refractivity contribution in [3.63, 3.8) is 0 Å². The maximum Gasteiger partial charge on any atom is 0.251 e. The van der Waals surface area contributed by atoms with Gasteiger partial charge in [0.05, 0.1) is 11.8 Å². The fourth-order valence-corrected chi connectivity index (χ4v) is 3.25. The molecule has 1 amide bonds. The first-order valence-corrected chi connectivity index (χ1v) is 9.85. The maximum atomic E-state index is 12.4. The van der Waals surface area contributed by atoms with Gasteiger partial charge < -0.3 is 5.32 Å². The molecule has 0 aliphatic heterocycles. The van der Waals surface area contributed by atoms with Gasteiger partial charge in [-0.15, -0.1) is 0 Å². The van der Waals surface area contributed by atoms with Gasteiger partial charge in [-0.2, -0.15) is 0 Å². The van der Waals surface area contributed by atoms with Crippen LogP contribution in [0.25, 0.3) is 0 Å². The van der Waals surface area contributed by atoms with E-state index in [1.807, 2.05) is 32.9 Å². The van der Waals surface area contributed by atoms with Gasteiger partial charge in [-0.1, -0.05) is 23.8 Å². The number of carbonyl (C=O) groups excluding carboxylic acids is 1. The van der Waals surface area contributed by atoms with Gasteiger partial charge in [0.15, 0.2) is 0 Å². The van der Waals surface area contributed by atoms with Crippen LogP contribution in [-0.2, 0) is 10.0 Å². The summed E-state index contributed by atoms with van der Waals surface area (Å²) in [6.07, 6.45) is 0. The van der Waals surface area contributed by atoms with E-state index in [1.54, 1.807) is 31.2 Å². The Balaban J connectivity index is 2.08. The second-order valence-corrected chi connectivity index (χ2v) is 8.15. The molecule has 5 nitrogen and oxygen atoms in total. The molecule has 0 radical (unpaired) electrons. The molecule has 6 heteroatoms. The highest BCUT2D eigenvalue weighted by atomic mass is 32.2. The number of amides is 1. The fraction of sp³-hybridized carbons (Fsp3) is 0.316. The van der Waals surface area contributed by atoms with Crippen molar-refractivity contribution in [3.05, 3.63) is 64.7 Å². The van der Waals surface area contributed by atoms with E-state index >= 15 is 0 Å². The lowest BCUT2D eigenvalue weighted by Crippen LogP contribution is -2.27. The van der Waals surface area contributed by atoms with Gasteiger partial charge in [-0.25, -0.2) is 8.42 Å². The number of benzene rings is 2. The third-order valence-corrected chi connectivity index (χ3v) is 5.35. The second-order valence-electron chi connectivity index (χ2n) is 6.14. The Morgan fingerprint density at radius 3 is 2.28 bits per heavy atom. The summed E-state index contributed by atoms with van der Waals surface area (Å²) in [6.45, 7) is 7.58. The molecule has 25 heavy (non-hydrogen) atoms. The molecule has 0 unspecified atom stereocenters. The normalized spacial score (nSPS) is 12.5. The minimum absolute atomic E-state index is 0.00263. The smallest absolute Gasteiger partial charge is 0.251 e. The molecule has 0 spiro atoms. The van der Waals surface area contributed by atoms with Crippen molar-refractivity contribution in [1.82, 2.24) is 5.32 Å². The molecule has 0 heterocycles. The molecule has 2 N–H and O–H groups in total. The fourth-order valence-electron chi connectivity index (χ4n) is 2.61. The number of nitrogens with one attached hydrogen (secondary N) is 2. The van der Waals surface area contributed by atoms with Crippen molar-refractivity contribution in [3.8, 4) is 0 Å². The SMILES string of the molecule is CCS(=O)(=O)Nc1ccc(C(=O)N[C@@H](C)c2ccc(C)cc2C)cc1. The van der Waals surface area contributed by atoms with Crippen LogP contribution in [0.1, 0.15) is 46.9 Å². The summed E-state index contributed by atoms with van der Waals surface area (Å²) >= 11 is 0. The van der Waals surface area contributed by atoms with Crippen molar-refractivity contribution < 1.29 is 13.2 Å². The van der Waals surface area contributed by atoms with Crippen molar-refractivity contribution in [2.45, 2.75) is 33.7 Å². The lowest BCUT2D eigenvalue weighted by atomic mass is 10.00. The van der Waals surface area contributed by atoms with E-state index in [4.69, 9.17) is 0 Å². The number of aryl methyl sites for hydroxylation is 2. The first-order chi connectivity index (χ1) is 11.7. The van der Waals surface area contributed by atoms with Crippen LogP contribution >= 0.6 is 0 Å². The van der Waals surface area contributed by atoms with Crippen LogP contribution in [0.4, 0.5) is 5.69 Å². The minimum Gasteiger partial charge on any atom is -0.346 e. The van der Waals surface area contributed by atoms with Crippen molar-refractivity contribution >= 4 is 21.6 Å². The first kappa shape index (κ1) is 19.0. The molecule has 1 atom stereocenters. The largest absolute Gasteiger partial charge is 0.346 e. The molecule has 0 saturated carbocycles. The van der Waals surface area contributed by atoms with E-state index < -0.39 is 10.0 Å². The van der Waals surface area contributed by atoms with Gasteiger partial charge in [0.25, 0.3) is 5.91 Å². The van der Waals surface area contributed by atoms with Crippen LogP contribution < -0.4 is 10.0 Å². The molecule has 0 aliphatic carbocycles. The van der Waals surface area contributed by atoms with Gasteiger partial charge >= 0.3 is 0 Å². The van der Waals surface area contributed by atoms with E-state index in [9.17, 15) is 13.2 Å². The molecule has 2 aromatic carbocycles. The second kappa shape index (κ2) is 7.70. The Morgan fingerprint density at radius 1 is 1.08 bits per heavy atom. The summed E-state index contributed by atoms with van der Waals surface area (Å²) < 4.78 is 25.6. The van der Waals surface area contributed by atoms with Crippen molar-refractivity contribution in [2.75, 3.05) is 10.5 Å². The number of sulfonamides is 1. The summed E-state index contributed by atoms with van der Waals surface area (Å²) in [6, 6.07) is 12.4. The van der Waals surface area contributed by atoms with E-state index in [0.717, 1.165) is 11.1 Å². The molecular weight excluding hydrogens is 336 g/mol. The lowest BCUT2D eigenvalue weighted by molar-refractivity contribution is 0.0940. The van der Waals surface area contributed by atoms with Crippen LogP contribution in [-0.4, -0.2) is 20.1 Å².